The summed E-state index contributed by atoms with van der Waals surface area (Å²) in [7, 11) is 0. The lowest BCUT2D eigenvalue weighted by Gasteiger charge is -2.57. The smallest absolute Gasteiger partial charge is 0.151 e. The fourth-order valence-electron chi connectivity index (χ4n) is 5.79. The fourth-order valence-corrected chi connectivity index (χ4v) is 6.05. The van der Waals surface area contributed by atoms with Gasteiger partial charge in [0.1, 0.15) is 0 Å². The Hall–Kier alpha value is -0.820. The van der Waals surface area contributed by atoms with Crippen LogP contribution in [-0.4, -0.2) is 6.29 Å². The molecule has 5 rings (SSSR count). The summed E-state index contributed by atoms with van der Waals surface area (Å²) in [6.45, 7) is 2.16. The van der Waals surface area contributed by atoms with Crippen LogP contribution in [0.4, 0.5) is 0 Å². The molecule has 0 radical (unpaired) electrons. The first kappa shape index (κ1) is 12.9. The van der Waals surface area contributed by atoms with Crippen molar-refractivity contribution in [3.8, 4) is 0 Å². The molecule has 4 aliphatic rings. The van der Waals surface area contributed by atoms with Gasteiger partial charge in [0.2, 0.25) is 0 Å². The number of halogens is 1. The van der Waals surface area contributed by atoms with Gasteiger partial charge in [0, 0.05) is 5.56 Å². The van der Waals surface area contributed by atoms with Crippen LogP contribution in [0.2, 0.25) is 5.02 Å². The molecule has 2 heteroatoms. The molecule has 1 nitrogen and oxygen atoms in total. The molecule has 0 aromatic heterocycles. The number of carbonyl (C=O) groups excluding carboxylic acids is 1. The molecule has 0 unspecified atom stereocenters. The van der Waals surface area contributed by atoms with Gasteiger partial charge < -0.3 is 0 Å². The van der Waals surface area contributed by atoms with Crippen LogP contribution in [0.5, 0.6) is 0 Å². The molecule has 4 bridgehead atoms. The maximum Gasteiger partial charge on any atom is 0.151 e. The van der Waals surface area contributed by atoms with E-state index in [9.17, 15) is 4.79 Å². The summed E-state index contributed by atoms with van der Waals surface area (Å²) in [5, 5.41) is 0.603. The summed E-state index contributed by atoms with van der Waals surface area (Å²) in [5.41, 5.74) is 3.72. The maximum absolute atomic E-state index is 11.2. The van der Waals surface area contributed by atoms with Gasteiger partial charge in [0.05, 0.1) is 5.02 Å². The molecule has 0 aliphatic heterocycles. The van der Waals surface area contributed by atoms with Gasteiger partial charge in [-0.1, -0.05) is 11.6 Å². The molecule has 4 saturated carbocycles. The zero-order chi connectivity index (χ0) is 13.9. The van der Waals surface area contributed by atoms with Gasteiger partial charge in [-0.05, 0) is 91.9 Å². The zero-order valence-corrected chi connectivity index (χ0v) is 12.7. The van der Waals surface area contributed by atoms with E-state index in [4.69, 9.17) is 11.6 Å². The van der Waals surface area contributed by atoms with Crippen molar-refractivity contribution in [2.75, 3.05) is 0 Å². The van der Waals surface area contributed by atoms with Gasteiger partial charge in [0.25, 0.3) is 0 Å². The van der Waals surface area contributed by atoms with Gasteiger partial charge in [-0.2, -0.15) is 0 Å². The summed E-state index contributed by atoms with van der Waals surface area (Å²) < 4.78 is 0. The standard InChI is InChI=1S/C18H21ClO/c1-11-2-17(19)15(10-20)6-16(11)18-7-12-3-13(8-18)5-14(4-12)9-18/h2,6,10,12-14H,3-5,7-9H2,1H3. The van der Waals surface area contributed by atoms with Crippen molar-refractivity contribution >= 4 is 17.9 Å². The van der Waals surface area contributed by atoms with Crippen molar-refractivity contribution < 1.29 is 4.79 Å². The minimum Gasteiger partial charge on any atom is -0.298 e. The van der Waals surface area contributed by atoms with Crippen molar-refractivity contribution in [2.45, 2.75) is 50.9 Å². The predicted molar refractivity (Wildman–Crippen MR) is 81.4 cm³/mol. The van der Waals surface area contributed by atoms with Crippen LogP contribution in [0.3, 0.4) is 0 Å². The minimum absolute atomic E-state index is 0.348. The summed E-state index contributed by atoms with van der Waals surface area (Å²) in [5.74, 6) is 2.78. The molecule has 0 N–H and O–H groups in total. The number of aldehydes is 1. The van der Waals surface area contributed by atoms with Crippen LogP contribution >= 0.6 is 11.6 Å². The first-order valence-electron chi connectivity index (χ1n) is 7.85. The van der Waals surface area contributed by atoms with Gasteiger partial charge in [-0.3, -0.25) is 4.79 Å². The van der Waals surface area contributed by atoms with E-state index >= 15 is 0 Å². The Morgan fingerprint density at radius 2 is 1.65 bits per heavy atom. The number of hydrogen-bond donors (Lipinski definition) is 0. The van der Waals surface area contributed by atoms with E-state index in [1.54, 1.807) is 0 Å². The average Bonchev–Trinajstić information content (AvgIpc) is 2.36. The van der Waals surface area contributed by atoms with Gasteiger partial charge in [0.15, 0.2) is 6.29 Å². The van der Waals surface area contributed by atoms with Crippen LogP contribution in [-0.2, 0) is 5.41 Å². The largest absolute Gasteiger partial charge is 0.298 e. The second-order valence-electron chi connectivity index (χ2n) is 7.50. The molecule has 0 heterocycles. The molecule has 0 saturated heterocycles. The van der Waals surface area contributed by atoms with Gasteiger partial charge >= 0.3 is 0 Å². The SMILES string of the molecule is Cc1cc(Cl)c(C=O)cc1C12CC3CC(CC(C3)C1)C2. The van der Waals surface area contributed by atoms with E-state index < -0.39 is 0 Å². The predicted octanol–water partition coefficient (Wildman–Crippen LogP) is 4.93. The lowest BCUT2D eigenvalue weighted by atomic mass is 9.47. The highest BCUT2D eigenvalue weighted by atomic mass is 35.5. The van der Waals surface area contributed by atoms with E-state index in [2.05, 4.69) is 13.0 Å². The zero-order valence-electron chi connectivity index (χ0n) is 12.0. The highest BCUT2D eigenvalue weighted by Gasteiger charge is 2.52. The van der Waals surface area contributed by atoms with E-state index in [1.165, 1.54) is 49.7 Å². The molecule has 1 aromatic rings. The molecule has 4 fully saturated rings. The van der Waals surface area contributed by atoms with Crippen LogP contribution in [0.25, 0.3) is 0 Å². The molecule has 20 heavy (non-hydrogen) atoms. The van der Waals surface area contributed by atoms with Crippen molar-refractivity contribution in [2.24, 2.45) is 17.8 Å². The molecular weight excluding hydrogens is 268 g/mol. The number of rotatable bonds is 2. The second kappa shape index (κ2) is 4.34. The Labute approximate surface area is 125 Å². The third kappa shape index (κ3) is 1.79. The third-order valence-electron chi connectivity index (χ3n) is 6.08. The third-order valence-corrected chi connectivity index (χ3v) is 6.41. The average molecular weight is 289 g/mol. The Bertz CT molecular complexity index is 540. The Morgan fingerprint density at radius 1 is 1.10 bits per heavy atom. The van der Waals surface area contributed by atoms with Crippen molar-refractivity contribution in [1.29, 1.82) is 0 Å². The monoisotopic (exact) mass is 288 g/mol. The van der Waals surface area contributed by atoms with E-state index in [0.29, 0.717) is 16.0 Å². The number of benzene rings is 1. The maximum atomic E-state index is 11.2. The van der Waals surface area contributed by atoms with Gasteiger partial charge in [-0.25, -0.2) is 0 Å². The fraction of sp³-hybridized carbons (Fsp3) is 0.611. The van der Waals surface area contributed by atoms with Crippen molar-refractivity contribution in [3.63, 3.8) is 0 Å². The quantitative estimate of drug-likeness (QED) is 0.705. The molecule has 1 aromatic carbocycles. The number of carbonyl (C=O) groups is 1. The highest BCUT2D eigenvalue weighted by Crippen LogP contribution is 2.61. The highest BCUT2D eigenvalue weighted by molar-refractivity contribution is 6.33. The van der Waals surface area contributed by atoms with Crippen molar-refractivity contribution in [1.82, 2.24) is 0 Å². The molecule has 0 spiro atoms. The second-order valence-corrected chi connectivity index (χ2v) is 7.91. The Kier molecular flexibility index (Phi) is 2.79. The van der Waals surface area contributed by atoms with E-state index in [-0.39, 0.29) is 0 Å². The summed E-state index contributed by atoms with van der Waals surface area (Å²) in [6, 6.07) is 4.09. The summed E-state index contributed by atoms with van der Waals surface area (Å²) in [6.07, 6.45) is 9.26. The topological polar surface area (TPSA) is 17.1 Å². The molecule has 0 amide bonds. The van der Waals surface area contributed by atoms with Crippen LogP contribution in [0.15, 0.2) is 12.1 Å². The lowest BCUT2D eigenvalue weighted by molar-refractivity contribution is -0.00547. The van der Waals surface area contributed by atoms with Crippen molar-refractivity contribution in [3.05, 3.63) is 33.8 Å². The van der Waals surface area contributed by atoms with E-state index in [1.807, 2.05) is 6.07 Å². The summed E-state index contributed by atoms with van der Waals surface area (Å²) in [4.78, 5) is 11.2. The Balaban J connectivity index is 1.82. The molecule has 106 valence electrons. The lowest BCUT2D eigenvalue weighted by Crippen LogP contribution is -2.48. The summed E-state index contributed by atoms with van der Waals surface area (Å²) >= 11 is 6.18. The van der Waals surface area contributed by atoms with Crippen LogP contribution in [0, 0.1) is 24.7 Å². The first-order valence-corrected chi connectivity index (χ1v) is 8.23. The number of aryl methyl sites for hydroxylation is 1. The normalized spacial score (nSPS) is 38.2. The van der Waals surface area contributed by atoms with Crippen LogP contribution in [0.1, 0.15) is 60.0 Å². The molecule has 4 aliphatic carbocycles. The van der Waals surface area contributed by atoms with Gasteiger partial charge in [-0.15, -0.1) is 0 Å². The first-order chi connectivity index (χ1) is 9.59. The minimum atomic E-state index is 0.348. The Morgan fingerprint density at radius 3 is 2.15 bits per heavy atom. The van der Waals surface area contributed by atoms with E-state index in [0.717, 1.165) is 24.0 Å². The van der Waals surface area contributed by atoms with Crippen LogP contribution < -0.4 is 0 Å². The molecular formula is C18H21ClO. The number of hydrogen-bond acceptors (Lipinski definition) is 1. The molecule has 0 atom stereocenters.